The lowest BCUT2D eigenvalue weighted by molar-refractivity contribution is 0.0597. The first-order valence-corrected chi connectivity index (χ1v) is 6.17. The van der Waals surface area contributed by atoms with Crippen molar-refractivity contribution in [2.75, 3.05) is 7.11 Å². The molecule has 0 aromatic carbocycles. The van der Waals surface area contributed by atoms with E-state index in [2.05, 4.69) is 6.58 Å². The Morgan fingerprint density at radius 2 is 2.21 bits per heavy atom. The number of carbonyl (C=O) groups is 1. The van der Waals surface area contributed by atoms with Gasteiger partial charge in [0.05, 0.1) is 12.7 Å². The fraction of sp³-hybridized carbons (Fsp3) is 0.429. The van der Waals surface area contributed by atoms with E-state index >= 15 is 0 Å². The van der Waals surface area contributed by atoms with Gasteiger partial charge in [-0.2, -0.15) is 0 Å². The zero-order valence-electron chi connectivity index (χ0n) is 11.2. The van der Waals surface area contributed by atoms with Crippen molar-refractivity contribution in [3.63, 3.8) is 0 Å². The van der Waals surface area contributed by atoms with Crippen LogP contribution in [-0.4, -0.2) is 22.8 Å². The van der Waals surface area contributed by atoms with Gasteiger partial charge in [0.25, 0.3) is 5.56 Å². The van der Waals surface area contributed by atoms with Gasteiger partial charge in [-0.1, -0.05) is 12.2 Å². The number of hydrogen-bond acceptors (Lipinski definition) is 4. The standard InChI is InChI=1S/C14H17NO4/c1-8(2)7-9-11(14(18)19-3)10-5-4-6-15(10)13(17)12(9)16/h16H,1,4-7H2,2-3H3. The van der Waals surface area contributed by atoms with E-state index in [0.29, 0.717) is 36.2 Å². The van der Waals surface area contributed by atoms with E-state index in [1.165, 1.54) is 11.7 Å². The molecule has 0 saturated carbocycles. The number of aromatic hydroxyl groups is 1. The van der Waals surface area contributed by atoms with E-state index in [4.69, 9.17) is 4.74 Å². The van der Waals surface area contributed by atoms with Crippen LogP contribution in [0.5, 0.6) is 5.75 Å². The molecule has 1 aromatic rings. The van der Waals surface area contributed by atoms with Crippen molar-refractivity contribution in [2.24, 2.45) is 0 Å². The fourth-order valence-corrected chi connectivity index (χ4v) is 2.53. The number of methoxy groups -OCH3 is 1. The first-order valence-electron chi connectivity index (χ1n) is 6.17. The van der Waals surface area contributed by atoms with Crippen LogP contribution in [0.2, 0.25) is 0 Å². The molecule has 0 spiro atoms. The monoisotopic (exact) mass is 263 g/mol. The summed E-state index contributed by atoms with van der Waals surface area (Å²) in [5.74, 6) is -0.883. The van der Waals surface area contributed by atoms with Crippen LogP contribution in [0.1, 0.15) is 35.0 Å². The van der Waals surface area contributed by atoms with Gasteiger partial charge in [0.2, 0.25) is 0 Å². The van der Waals surface area contributed by atoms with Gasteiger partial charge >= 0.3 is 5.97 Å². The Labute approximate surface area is 111 Å². The Hall–Kier alpha value is -2.04. The van der Waals surface area contributed by atoms with Gasteiger partial charge in [0.15, 0.2) is 5.75 Å². The van der Waals surface area contributed by atoms with Crippen LogP contribution in [0.4, 0.5) is 0 Å². The SMILES string of the molecule is C=C(C)Cc1c(C(=O)OC)c2n(c(=O)c1O)CCC2. The lowest BCUT2D eigenvalue weighted by Gasteiger charge is -2.15. The van der Waals surface area contributed by atoms with E-state index in [1.54, 1.807) is 6.92 Å². The molecule has 2 rings (SSSR count). The fourth-order valence-electron chi connectivity index (χ4n) is 2.53. The van der Waals surface area contributed by atoms with E-state index in [0.717, 1.165) is 12.0 Å². The third-order valence-electron chi connectivity index (χ3n) is 3.31. The van der Waals surface area contributed by atoms with Crippen molar-refractivity contribution in [3.05, 3.63) is 39.3 Å². The van der Waals surface area contributed by atoms with Crippen molar-refractivity contribution >= 4 is 5.97 Å². The summed E-state index contributed by atoms with van der Waals surface area (Å²) in [6.07, 6.45) is 1.72. The number of carbonyl (C=O) groups excluding carboxylic acids is 1. The molecule has 102 valence electrons. The van der Waals surface area contributed by atoms with Crippen LogP contribution in [0, 0.1) is 0 Å². The molecule has 0 atom stereocenters. The van der Waals surface area contributed by atoms with Crippen LogP contribution in [0.15, 0.2) is 16.9 Å². The van der Waals surface area contributed by atoms with Crippen LogP contribution in [0.25, 0.3) is 0 Å². The molecule has 0 saturated heterocycles. The van der Waals surface area contributed by atoms with Crippen LogP contribution >= 0.6 is 0 Å². The Bertz CT molecular complexity index is 613. The van der Waals surface area contributed by atoms with Gasteiger partial charge < -0.3 is 14.4 Å². The van der Waals surface area contributed by atoms with Crippen molar-refractivity contribution in [1.29, 1.82) is 0 Å². The van der Waals surface area contributed by atoms with Crippen molar-refractivity contribution in [3.8, 4) is 5.75 Å². The molecular formula is C14H17NO4. The summed E-state index contributed by atoms with van der Waals surface area (Å²) in [6, 6.07) is 0. The number of hydrogen-bond donors (Lipinski definition) is 1. The number of ether oxygens (including phenoxy) is 1. The number of nitrogens with zero attached hydrogens (tertiary/aromatic N) is 1. The van der Waals surface area contributed by atoms with Crippen LogP contribution in [0.3, 0.4) is 0 Å². The maximum absolute atomic E-state index is 12.1. The number of pyridine rings is 1. The lowest BCUT2D eigenvalue weighted by atomic mass is 9.98. The molecule has 2 heterocycles. The minimum atomic E-state index is -0.516. The molecular weight excluding hydrogens is 246 g/mol. The van der Waals surface area contributed by atoms with E-state index < -0.39 is 11.5 Å². The topological polar surface area (TPSA) is 68.5 Å². The van der Waals surface area contributed by atoms with Crippen LogP contribution in [-0.2, 0) is 24.1 Å². The van der Waals surface area contributed by atoms with Crippen molar-refractivity contribution < 1.29 is 14.6 Å². The number of aromatic nitrogens is 1. The van der Waals surface area contributed by atoms with E-state index in [1.807, 2.05) is 0 Å². The van der Waals surface area contributed by atoms with Gasteiger partial charge in [-0.15, -0.1) is 0 Å². The molecule has 0 amide bonds. The molecule has 0 bridgehead atoms. The predicted octanol–water partition coefficient (Wildman–Crippen LogP) is 1.41. The number of esters is 1. The summed E-state index contributed by atoms with van der Waals surface area (Å²) in [5.41, 5.74) is 1.64. The third kappa shape index (κ3) is 2.16. The van der Waals surface area contributed by atoms with Crippen molar-refractivity contribution in [1.82, 2.24) is 4.57 Å². The van der Waals surface area contributed by atoms with E-state index in [9.17, 15) is 14.7 Å². The second-order valence-electron chi connectivity index (χ2n) is 4.83. The minimum absolute atomic E-state index is 0.291. The van der Waals surface area contributed by atoms with Gasteiger partial charge in [-0.05, 0) is 26.2 Å². The van der Waals surface area contributed by atoms with Gasteiger partial charge in [0.1, 0.15) is 0 Å². The molecule has 0 fully saturated rings. The Kier molecular flexibility index (Phi) is 3.46. The summed E-state index contributed by atoms with van der Waals surface area (Å²) < 4.78 is 6.25. The maximum atomic E-state index is 12.1. The highest BCUT2D eigenvalue weighted by atomic mass is 16.5. The number of allylic oxidation sites excluding steroid dienone is 1. The Morgan fingerprint density at radius 3 is 2.79 bits per heavy atom. The molecule has 0 aliphatic carbocycles. The zero-order chi connectivity index (χ0) is 14.2. The highest BCUT2D eigenvalue weighted by molar-refractivity contribution is 5.93. The highest BCUT2D eigenvalue weighted by Crippen LogP contribution is 2.28. The molecule has 0 unspecified atom stereocenters. The van der Waals surface area contributed by atoms with E-state index in [-0.39, 0.29) is 5.75 Å². The molecule has 1 aliphatic heterocycles. The summed E-state index contributed by atoms with van der Waals surface area (Å²) in [6.45, 7) is 6.08. The summed E-state index contributed by atoms with van der Waals surface area (Å²) in [4.78, 5) is 24.0. The Morgan fingerprint density at radius 1 is 1.53 bits per heavy atom. The Balaban J connectivity index is 2.77. The number of fused-ring (bicyclic) bond motifs is 1. The molecule has 1 aromatic heterocycles. The van der Waals surface area contributed by atoms with Crippen molar-refractivity contribution in [2.45, 2.75) is 32.7 Å². The largest absolute Gasteiger partial charge is 0.503 e. The molecule has 0 radical (unpaired) electrons. The number of rotatable bonds is 3. The average molecular weight is 263 g/mol. The van der Waals surface area contributed by atoms with Gasteiger partial charge in [-0.3, -0.25) is 4.79 Å². The molecule has 5 heteroatoms. The molecule has 5 nitrogen and oxygen atoms in total. The van der Waals surface area contributed by atoms with Crippen LogP contribution < -0.4 is 5.56 Å². The average Bonchev–Trinajstić information content (AvgIpc) is 2.83. The molecule has 19 heavy (non-hydrogen) atoms. The first kappa shape index (κ1) is 13.4. The predicted molar refractivity (Wildman–Crippen MR) is 70.5 cm³/mol. The van der Waals surface area contributed by atoms with Gasteiger partial charge in [0, 0.05) is 17.8 Å². The second kappa shape index (κ2) is 4.91. The normalized spacial score (nSPS) is 13.2. The van der Waals surface area contributed by atoms with Gasteiger partial charge in [-0.25, -0.2) is 4.79 Å². The summed E-state index contributed by atoms with van der Waals surface area (Å²) >= 11 is 0. The zero-order valence-corrected chi connectivity index (χ0v) is 11.2. The maximum Gasteiger partial charge on any atom is 0.340 e. The minimum Gasteiger partial charge on any atom is -0.503 e. The lowest BCUT2D eigenvalue weighted by Crippen LogP contribution is -2.25. The second-order valence-corrected chi connectivity index (χ2v) is 4.83. The summed E-state index contributed by atoms with van der Waals surface area (Å²) in [7, 11) is 1.29. The quantitative estimate of drug-likeness (QED) is 0.661. The third-order valence-corrected chi connectivity index (χ3v) is 3.31. The molecule has 1 aliphatic rings. The first-order chi connectivity index (χ1) is 8.97. The smallest absolute Gasteiger partial charge is 0.340 e. The summed E-state index contributed by atoms with van der Waals surface area (Å²) in [5, 5.41) is 10.1. The highest BCUT2D eigenvalue weighted by Gasteiger charge is 2.28. The molecule has 1 N–H and O–H groups in total.